The van der Waals surface area contributed by atoms with Gasteiger partial charge in [-0.25, -0.2) is 4.31 Å². The van der Waals surface area contributed by atoms with E-state index in [9.17, 15) is 0 Å². The van der Waals surface area contributed by atoms with Gasteiger partial charge in [0.1, 0.15) is 0 Å². The van der Waals surface area contributed by atoms with Gasteiger partial charge in [0.15, 0.2) is 0 Å². The summed E-state index contributed by atoms with van der Waals surface area (Å²) in [5.74, 6) is 1.51. The zero-order valence-corrected chi connectivity index (χ0v) is 9.97. The molecule has 0 aliphatic carbocycles. The summed E-state index contributed by atoms with van der Waals surface area (Å²) in [4.78, 5) is 0. The maximum atomic E-state index is 5.60. The first-order valence-electron chi connectivity index (χ1n) is 5.17. The lowest BCUT2D eigenvalue weighted by atomic mass is 9.87. The second kappa shape index (κ2) is 4.67. The van der Waals surface area contributed by atoms with Crippen LogP contribution in [0.4, 0.5) is 0 Å². The molecule has 0 amide bonds. The molecule has 1 heterocycles. The summed E-state index contributed by atoms with van der Waals surface area (Å²) in [6.45, 7) is 7.82. The van der Waals surface area contributed by atoms with Crippen molar-refractivity contribution in [1.29, 1.82) is 0 Å². The van der Waals surface area contributed by atoms with E-state index < -0.39 is 0 Å². The Balaban J connectivity index is 2.56. The van der Waals surface area contributed by atoms with Crippen molar-refractivity contribution in [3.63, 3.8) is 0 Å². The average Bonchev–Trinajstić information content (AvgIpc) is 2.27. The van der Waals surface area contributed by atoms with Crippen molar-refractivity contribution < 1.29 is 0 Å². The topological polar surface area (TPSA) is 29.3 Å². The molecule has 1 rings (SSSR count). The lowest BCUT2D eigenvalue weighted by Gasteiger charge is -2.28. The van der Waals surface area contributed by atoms with Gasteiger partial charge in [-0.3, -0.25) is 0 Å². The quantitative estimate of drug-likeness (QED) is 0.709. The molecular weight excluding hydrogens is 180 g/mol. The van der Waals surface area contributed by atoms with Crippen LogP contribution in [0.3, 0.4) is 0 Å². The first-order valence-corrected chi connectivity index (χ1v) is 6.01. The number of nitrogens with two attached hydrogens (primary N) is 1. The molecule has 1 saturated heterocycles. The van der Waals surface area contributed by atoms with Crippen LogP contribution in [0.25, 0.3) is 0 Å². The predicted octanol–water partition coefficient (Wildman–Crippen LogP) is 1.96. The van der Waals surface area contributed by atoms with Gasteiger partial charge in [-0.2, -0.15) is 0 Å². The van der Waals surface area contributed by atoms with Gasteiger partial charge in [-0.15, -0.1) is 0 Å². The molecule has 0 aromatic rings. The number of hydrogen-bond acceptors (Lipinski definition) is 3. The van der Waals surface area contributed by atoms with Crippen LogP contribution in [-0.4, -0.2) is 29.2 Å². The molecule has 0 spiro atoms. The zero-order chi connectivity index (χ0) is 10.0. The van der Waals surface area contributed by atoms with Gasteiger partial charge < -0.3 is 5.73 Å². The van der Waals surface area contributed by atoms with Crippen LogP contribution in [0, 0.1) is 11.8 Å². The fourth-order valence-electron chi connectivity index (χ4n) is 2.35. The van der Waals surface area contributed by atoms with Gasteiger partial charge in [-0.05, 0) is 31.8 Å². The minimum Gasteiger partial charge on any atom is -0.330 e. The molecule has 0 aromatic carbocycles. The number of hydrogen-bond donors (Lipinski definition) is 1. The lowest BCUT2D eigenvalue weighted by molar-refractivity contribution is 0.238. The van der Waals surface area contributed by atoms with Crippen LogP contribution in [0.2, 0.25) is 0 Å². The first-order chi connectivity index (χ1) is 6.07. The third-order valence-corrected chi connectivity index (χ3v) is 4.57. The average molecular weight is 202 g/mol. The fraction of sp³-hybridized carbons (Fsp3) is 1.00. The Morgan fingerprint density at radius 1 is 1.46 bits per heavy atom. The van der Waals surface area contributed by atoms with Crippen molar-refractivity contribution in [2.75, 3.05) is 13.6 Å². The van der Waals surface area contributed by atoms with Crippen molar-refractivity contribution in [3.05, 3.63) is 0 Å². The smallest absolute Gasteiger partial charge is 0.0262 e. The van der Waals surface area contributed by atoms with Crippen LogP contribution in [-0.2, 0) is 0 Å². The van der Waals surface area contributed by atoms with Crippen molar-refractivity contribution in [2.24, 2.45) is 17.6 Å². The number of rotatable bonds is 3. The van der Waals surface area contributed by atoms with Crippen LogP contribution < -0.4 is 5.73 Å². The van der Waals surface area contributed by atoms with Crippen molar-refractivity contribution in [3.8, 4) is 0 Å². The van der Waals surface area contributed by atoms with E-state index in [1.54, 1.807) is 0 Å². The van der Waals surface area contributed by atoms with E-state index in [2.05, 4.69) is 32.1 Å². The molecule has 4 unspecified atom stereocenters. The molecule has 2 N–H and O–H groups in total. The van der Waals surface area contributed by atoms with E-state index in [1.807, 2.05) is 11.9 Å². The highest BCUT2D eigenvalue weighted by Crippen LogP contribution is 2.40. The van der Waals surface area contributed by atoms with Crippen LogP contribution >= 0.6 is 11.9 Å². The molecule has 1 fully saturated rings. The third kappa shape index (κ3) is 2.39. The Bertz CT molecular complexity index is 163. The molecule has 0 aromatic heterocycles. The maximum Gasteiger partial charge on any atom is 0.0262 e. The monoisotopic (exact) mass is 202 g/mol. The lowest BCUT2D eigenvalue weighted by Crippen LogP contribution is -2.34. The highest BCUT2D eigenvalue weighted by molar-refractivity contribution is 7.97. The summed E-state index contributed by atoms with van der Waals surface area (Å²) in [5, 5.41) is 0.759. The molecule has 1 aliphatic heterocycles. The Hall–Kier alpha value is 0.270. The Morgan fingerprint density at radius 2 is 2.08 bits per heavy atom. The van der Waals surface area contributed by atoms with E-state index in [0.717, 1.165) is 30.1 Å². The minimum atomic E-state index is 0.712. The second-order valence-corrected chi connectivity index (χ2v) is 5.79. The Labute approximate surface area is 86.4 Å². The summed E-state index contributed by atoms with van der Waals surface area (Å²) in [6, 6.07) is 0.712. The van der Waals surface area contributed by atoms with Gasteiger partial charge in [0.05, 0.1) is 0 Å². The van der Waals surface area contributed by atoms with Gasteiger partial charge in [0, 0.05) is 11.3 Å². The van der Waals surface area contributed by atoms with Gasteiger partial charge in [-0.1, -0.05) is 32.7 Å². The van der Waals surface area contributed by atoms with E-state index >= 15 is 0 Å². The summed E-state index contributed by atoms with van der Waals surface area (Å²) in [7, 11) is 2.21. The summed E-state index contributed by atoms with van der Waals surface area (Å²) >= 11 is 1.98. The molecule has 2 nitrogen and oxygen atoms in total. The van der Waals surface area contributed by atoms with E-state index in [-0.39, 0.29) is 0 Å². The van der Waals surface area contributed by atoms with Crippen LogP contribution in [0.1, 0.15) is 27.2 Å². The maximum absolute atomic E-state index is 5.60. The van der Waals surface area contributed by atoms with Crippen molar-refractivity contribution in [1.82, 2.24) is 4.31 Å². The Morgan fingerprint density at radius 3 is 2.46 bits per heavy atom. The second-order valence-electron chi connectivity index (χ2n) is 4.26. The van der Waals surface area contributed by atoms with Crippen molar-refractivity contribution in [2.45, 2.75) is 38.5 Å². The van der Waals surface area contributed by atoms with E-state index in [0.29, 0.717) is 6.04 Å². The normalized spacial score (nSPS) is 38.1. The molecule has 78 valence electrons. The standard InChI is InChI=1S/C10H22N2S/c1-7(5-6-11)10-8(2)9(3)13-12(10)4/h7-10H,5-6,11H2,1-4H3. The van der Waals surface area contributed by atoms with Crippen LogP contribution in [0.15, 0.2) is 0 Å². The van der Waals surface area contributed by atoms with Crippen LogP contribution in [0.5, 0.6) is 0 Å². The largest absolute Gasteiger partial charge is 0.330 e. The highest BCUT2D eigenvalue weighted by atomic mass is 32.2. The molecule has 1 aliphatic rings. The molecule has 3 heteroatoms. The molecule has 13 heavy (non-hydrogen) atoms. The van der Waals surface area contributed by atoms with Gasteiger partial charge in [0.2, 0.25) is 0 Å². The van der Waals surface area contributed by atoms with Crippen molar-refractivity contribution >= 4 is 11.9 Å². The summed E-state index contributed by atoms with van der Waals surface area (Å²) in [6.07, 6.45) is 1.15. The predicted molar refractivity (Wildman–Crippen MR) is 60.6 cm³/mol. The first kappa shape index (κ1) is 11.3. The molecule has 0 bridgehead atoms. The third-order valence-electron chi connectivity index (χ3n) is 3.24. The zero-order valence-electron chi connectivity index (χ0n) is 9.16. The molecular formula is C10H22N2S. The molecule has 4 atom stereocenters. The van der Waals surface area contributed by atoms with E-state index in [4.69, 9.17) is 5.73 Å². The molecule has 0 radical (unpaired) electrons. The van der Waals surface area contributed by atoms with Gasteiger partial charge >= 0.3 is 0 Å². The number of nitrogens with zero attached hydrogens (tertiary/aromatic N) is 1. The summed E-state index contributed by atoms with van der Waals surface area (Å²) < 4.78 is 2.43. The minimum absolute atomic E-state index is 0.712. The molecule has 0 saturated carbocycles. The fourth-order valence-corrected chi connectivity index (χ4v) is 3.77. The van der Waals surface area contributed by atoms with Gasteiger partial charge in [0.25, 0.3) is 0 Å². The van der Waals surface area contributed by atoms with E-state index in [1.165, 1.54) is 0 Å². The SMILES string of the molecule is CC(CCN)C1C(C)C(C)SN1C. The highest BCUT2D eigenvalue weighted by Gasteiger charge is 2.37. The Kier molecular flexibility index (Phi) is 4.07. The summed E-state index contributed by atoms with van der Waals surface area (Å²) in [5.41, 5.74) is 5.60.